The quantitative estimate of drug-likeness (QED) is 0.928. The average molecular weight is 294 g/mol. The van der Waals surface area contributed by atoms with Gasteiger partial charge in [-0.25, -0.2) is 5.01 Å². The number of hydrogen-bond donors (Lipinski definition) is 1. The number of carbonyl (C=O) groups excluding carboxylic acids is 2. The SMILES string of the molecule is C[C@H](NC(=O)C1=NN(C)C(=O)CC1)c1ccc(Cl)cc1. The molecule has 2 rings (SSSR count). The molecule has 1 aliphatic heterocycles. The van der Waals surface area contributed by atoms with Gasteiger partial charge in [-0.2, -0.15) is 5.10 Å². The van der Waals surface area contributed by atoms with Crippen LogP contribution in [0.4, 0.5) is 0 Å². The Morgan fingerprint density at radius 1 is 1.35 bits per heavy atom. The Kier molecular flexibility index (Phi) is 4.39. The molecule has 0 saturated heterocycles. The van der Waals surface area contributed by atoms with Crippen molar-refractivity contribution in [3.8, 4) is 0 Å². The first-order chi connectivity index (χ1) is 9.47. The van der Waals surface area contributed by atoms with Crippen molar-refractivity contribution in [1.29, 1.82) is 0 Å². The molecule has 0 radical (unpaired) electrons. The van der Waals surface area contributed by atoms with Crippen molar-refractivity contribution in [3.63, 3.8) is 0 Å². The first kappa shape index (κ1) is 14.5. The number of rotatable bonds is 3. The van der Waals surface area contributed by atoms with Crippen LogP contribution in [0.15, 0.2) is 29.4 Å². The number of hydrogen-bond acceptors (Lipinski definition) is 3. The van der Waals surface area contributed by atoms with Crippen LogP contribution < -0.4 is 5.32 Å². The van der Waals surface area contributed by atoms with Crippen LogP contribution in [-0.2, 0) is 9.59 Å². The summed E-state index contributed by atoms with van der Waals surface area (Å²) in [5, 5.41) is 8.73. The molecule has 1 aromatic carbocycles. The molecule has 0 aliphatic carbocycles. The van der Waals surface area contributed by atoms with E-state index in [-0.39, 0.29) is 17.9 Å². The molecular weight excluding hydrogens is 278 g/mol. The highest BCUT2D eigenvalue weighted by atomic mass is 35.5. The van der Waals surface area contributed by atoms with Gasteiger partial charge in [0.15, 0.2) is 0 Å². The molecule has 106 valence electrons. The van der Waals surface area contributed by atoms with E-state index in [1.165, 1.54) is 5.01 Å². The molecular formula is C14H16ClN3O2. The second-order valence-corrected chi connectivity index (χ2v) is 5.15. The van der Waals surface area contributed by atoms with Gasteiger partial charge in [0.05, 0.1) is 6.04 Å². The standard InChI is InChI=1S/C14H16ClN3O2/c1-9(10-3-5-11(15)6-4-10)16-14(20)12-7-8-13(19)18(2)17-12/h3-6,9H,7-8H2,1-2H3,(H,16,20)/t9-/m0/s1. The molecule has 0 fully saturated rings. The molecule has 0 saturated carbocycles. The van der Waals surface area contributed by atoms with Gasteiger partial charge in [0.2, 0.25) is 5.91 Å². The lowest BCUT2D eigenvalue weighted by atomic mass is 10.1. The summed E-state index contributed by atoms with van der Waals surface area (Å²) in [6.07, 6.45) is 0.695. The van der Waals surface area contributed by atoms with Crippen LogP contribution in [0.25, 0.3) is 0 Å². The van der Waals surface area contributed by atoms with Gasteiger partial charge >= 0.3 is 0 Å². The Morgan fingerprint density at radius 3 is 2.60 bits per heavy atom. The normalized spacial score (nSPS) is 16.6. The minimum atomic E-state index is -0.244. The molecule has 1 heterocycles. The van der Waals surface area contributed by atoms with E-state index in [0.29, 0.717) is 23.6 Å². The maximum Gasteiger partial charge on any atom is 0.267 e. The lowest BCUT2D eigenvalue weighted by Crippen LogP contribution is -2.38. The molecule has 6 heteroatoms. The van der Waals surface area contributed by atoms with Crippen molar-refractivity contribution in [2.24, 2.45) is 5.10 Å². The molecule has 0 spiro atoms. The number of amides is 2. The molecule has 0 bridgehead atoms. The van der Waals surface area contributed by atoms with Gasteiger partial charge < -0.3 is 5.32 Å². The number of benzene rings is 1. The second kappa shape index (κ2) is 6.05. The van der Waals surface area contributed by atoms with Crippen LogP contribution in [0.2, 0.25) is 5.02 Å². The average Bonchev–Trinajstić information content (AvgIpc) is 2.42. The second-order valence-electron chi connectivity index (χ2n) is 4.71. The largest absolute Gasteiger partial charge is 0.344 e. The van der Waals surface area contributed by atoms with Gasteiger partial charge in [-0.1, -0.05) is 23.7 Å². The lowest BCUT2D eigenvalue weighted by molar-refractivity contribution is -0.130. The summed E-state index contributed by atoms with van der Waals surface area (Å²) in [6, 6.07) is 7.15. The molecule has 20 heavy (non-hydrogen) atoms. The number of nitrogens with one attached hydrogen (secondary N) is 1. The fraction of sp³-hybridized carbons (Fsp3) is 0.357. The highest BCUT2D eigenvalue weighted by Gasteiger charge is 2.23. The predicted octanol–water partition coefficient (Wildman–Crippen LogP) is 2.13. The minimum absolute atomic E-state index is 0.0766. The summed E-state index contributed by atoms with van der Waals surface area (Å²) in [5.41, 5.74) is 1.34. The van der Waals surface area contributed by atoms with E-state index < -0.39 is 0 Å². The van der Waals surface area contributed by atoms with E-state index in [4.69, 9.17) is 11.6 Å². The summed E-state index contributed by atoms with van der Waals surface area (Å²) in [4.78, 5) is 23.4. The van der Waals surface area contributed by atoms with Gasteiger partial charge in [-0.3, -0.25) is 9.59 Å². The maximum absolute atomic E-state index is 12.1. The molecule has 2 amide bonds. The number of nitrogens with zero attached hydrogens (tertiary/aromatic N) is 2. The molecule has 1 aliphatic rings. The highest BCUT2D eigenvalue weighted by molar-refractivity contribution is 6.39. The summed E-state index contributed by atoms with van der Waals surface area (Å²) in [6.45, 7) is 1.89. The first-order valence-corrected chi connectivity index (χ1v) is 6.75. The zero-order valence-corrected chi connectivity index (χ0v) is 12.1. The van der Waals surface area contributed by atoms with Gasteiger partial charge in [0, 0.05) is 24.9 Å². The zero-order chi connectivity index (χ0) is 14.7. The van der Waals surface area contributed by atoms with Crippen LogP contribution in [0, 0.1) is 0 Å². The molecule has 1 atom stereocenters. The van der Waals surface area contributed by atoms with Crippen molar-refractivity contribution in [1.82, 2.24) is 10.3 Å². The summed E-state index contributed by atoms with van der Waals surface area (Å²) in [5.74, 6) is -0.320. The van der Waals surface area contributed by atoms with E-state index in [1.807, 2.05) is 19.1 Å². The van der Waals surface area contributed by atoms with E-state index in [9.17, 15) is 9.59 Å². The van der Waals surface area contributed by atoms with E-state index in [1.54, 1.807) is 19.2 Å². The van der Waals surface area contributed by atoms with Crippen LogP contribution in [0.5, 0.6) is 0 Å². The van der Waals surface area contributed by atoms with Gasteiger partial charge in [-0.05, 0) is 24.6 Å². The fourth-order valence-electron chi connectivity index (χ4n) is 1.95. The van der Waals surface area contributed by atoms with Crippen molar-refractivity contribution < 1.29 is 9.59 Å². The third-order valence-corrected chi connectivity index (χ3v) is 3.44. The van der Waals surface area contributed by atoms with Crippen LogP contribution >= 0.6 is 11.6 Å². The van der Waals surface area contributed by atoms with Crippen molar-refractivity contribution >= 4 is 29.1 Å². The Hall–Kier alpha value is -1.88. The van der Waals surface area contributed by atoms with Crippen LogP contribution in [-0.4, -0.2) is 29.6 Å². The summed E-state index contributed by atoms with van der Waals surface area (Å²) < 4.78 is 0. The summed E-state index contributed by atoms with van der Waals surface area (Å²) >= 11 is 5.83. The number of carbonyl (C=O) groups is 2. The molecule has 1 aromatic rings. The number of halogens is 1. The lowest BCUT2D eigenvalue weighted by Gasteiger charge is -2.20. The topological polar surface area (TPSA) is 61.8 Å². The molecule has 0 aromatic heterocycles. The third-order valence-electron chi connectivity index (χ3n) is 3.19. The number of hydrazone groups is 1. The van der Waals surface area contributed by atoms with Crippen molar-refractivity contribution in [2.75, 3.05) is 7.05 Å². The summed E-state index contributed by atoms with van der Waals surface area (Å²) in [7, 11) is 1.55. The zero-order valence-electron chi connectivity index (χ0n) is 11.4. The predicted molar refractivity (Wildman–Crippen MR) is 77.4 cm³/mol. The Morgan fingerprint density at radius 2 is 2.00 bits per heavy atom. The monoisotopic (exact) mass is 293 g/mol. The Balaban J connectivity index is 2.02. The first-order valence-electron chi connectivity index (χ1n) is 6.37. The minimum Gasteiger partial charge on any atom is -0.344 e. The van der Waals surface area contributed by atoms with Crippen LogP contribution in [0.1, 0.15) is 31.4 Å². The van der Waals surface area contributed by atoms with E-state index >= 15 is 0 Å². The Labute approximate surface area is 122 Å². The third kappa shape index (κ3) is 3.36. The smallest absolute Gasteiger partial charge is 0.267 e. The maximum atomic E-state index is 12.1. The van der Waals surface area contributed by atoms with E-state index in [2.05, 4.69) is 10.4 Å². The van der Waals surface area contributed by atoms with Gasteiger partial charge in [0.1, 0.15) is 5.71 Å². The van der Waals surface area contributed by atoms with Gasteiger partial charge in [-0.15, -0.1) is 0 Å². The fourth-order valence-corrected chi connectivity index (χ4v) is 2.07. The molecule has 5 nitrogen and oxygen atoms in total. The molecule has 0 unspecified atom stereocenters. The van der Waals surface area contributed by atoms with Crippen LogP contribution in [0.3, 0.4) is 0 Å². The van der Waals surface area contributed by atoms with Gasteiger partial charge in [0.25, 0.3) is 5.91 Å². The van der Waals surface area contributed by atoms with Crippen molar-refractivity contribution in [2.45, 2.75) is 25.8 Å². The Bertz CT molecular complexity index is 554. The van der Waals surface area contributed by atoms with E-state index in [0.717, 1.165) is 5.56 Å². The van der Waals surface area contributed by atoms with Crippen molar-refractivity contribution in [3.05, 3.63) is 34.9 Å². The molecule has 1 N–H and O–H groups in total. The highest BCUT2D eigenvalue weighted by Crippen LogP contribution is 2.16.